The Morgan fingerprint density at radius 1 is 1.62 bits per heavy atom. The van der Waals surface area contributed by atoms with E-state index in [1.807, 2.05) is 6.07 Å². The lowest BCUT2D eigenvalue weighted by Gasteiger charge is -2.02. The molecule has 0 amide bonds. The molecule has 0 aliphatic rings. The summed E-state index contributed by atoms with van der Waals surface area (Å²) in [6.07, 6.45) is 1.68. The van der Waals surface area contributed by atoms with E-state index in [4.69, 9.17) is 5.11 Å². The van der Waals surface area contributed by atoms with Gasteiger partial charge in [0.25, 0.3) is 0 Å². The van der Waals surface area contributed by atoms with Crippen LogP contribution in [0.4, 0.5) is 0 Å². The molecule has 1 aromatic rings. The smallest absolute Gasteiger partial charge is 0.307 e. The molecule has 0 bridgehead atoms. The number of hydrogen-bond donors (Lipinski definition) is 2. The Kier molecular flexibility index (Phi) is 3.14. The van der Waals surface area contributed by atoms with Gasteiger partial charge < -0.3 is 5.11 Å². The van der Waals surface area contributed by atoms with Gasteiger partial charge in [-0.1, -0.05) is 24.8 Å². The number of hydrogen-bond acceptors (Lipinski definition) is 2. The van der Waals surface area contributed by atoms with Crippen molar-refractivity contribution in [1.82, 2.24) is 0 Å². The van der Waals surface area contributed by atoms with Crippen molar-refractivity contribution in [2.24, 2.45) is 0 Å². The van der Waals surface area contributed by atoms with Crippen LogP contribution in [0.5, 0.6) is 0 Å². The van der Waals surface area contributed by atoms with Crippen LogP contribution in [0.1, 0.15) is 11.1 Å². The molecule has 0 heterocycles. The Bertz CT molecular complexity index is 345. The number of benzene rings is 1. The third kappa shape index (κ3) is 2.63. The Morgan fingerprint density at radius 3 is 2.85 bits per heavy atom. The molecule has 1 rings (SSSR count). The zero-order valence-corrected chi connectivity index (χ0v) is 7.92. The van der Waals surface area contributed by atoms with Crippen molar-refractivity contribution in [2.75, 3.05) is 0 Å². The standard InChI is InChI=1S/C10H10O2S/c1-2-7-3-4-9(13)8(5-7)6-10(11)12/h2-5,13H,1,6H2,(H,11,12). The van der Waals surface area contributed by atoms with Crippen molar-refractivity contribution in [3.63, 3.8) is 0 Å². The Balaban J connectivity index is 3.03. The second kappa shape index (κ2) is 4.14. The second-order valence-electron chi connectivity index (χ2n) is 2.66. The molecule has 0 spiro atoms. The average Bonchev–Trinajstić information content (AvgIpc) is 2.08. The maximum Gasteiger partial charge on any atom is 0.307 e. The number of carboxylic acids is 1. The van der Waals surface area contributed by atoms with Crippen molar-refractivity contribution in [3.8, 4) is 0 Å². The van der Waals surface area contributed by atoms with Crippen LogP contribution >= 0.6 is 12.6 Å². The molecular formula is C10H10O2S. The van der Waals surface area contributed by atoms with E-state index >= 15 is 0 Å². The van der Waals surface area contributed by atoms with E-state index in [2.05, 4.69) is 19.2 Å². The molecule has 13 heavy (non-hydrogen) atoms. The molecule has 0 saturated carbocycles. The van der Waals surface area contributed by atoms with Gasteiger partial charge in [-0.25, -0.2) is 0 Å². The first-order chi connectivity index (χ1) is 6.13. The highest BCUT2D eigenvalue weighted by molar-refractivity contribution is 7.80. The molecule has 3 heteroatoms. The predicted octanol–water partition coefficient (Wildman–Crippen LogP) is 2.25. The fraction of sp³-hybridized carbons (Fsp3) is 0.100. The van der Waals surface area contributed by atoms with Crippen LogP contribution in [0.3, 0.4) is 0 Å². The van der Waals surface area contributed by atoms with Gasteiger partial charge in [0.1, 0.15) is 0 Å². The van der Waals surface area contributed by atoms with Crippen molar-refractivity contribution in [1.29, 1.82) is 0 Å². The minimum atomic E-state index is -0.850. The van der Waals surface area contributed by atoms with E-state index in [9.17, 15) is 4.79 Å². The Hall–Kier alpha value is -1.22. The molecule has 0 aromatic heterocycles. The Labute approximate surface area is 82.3 Å². The van der Waals surface area contributed by atoms with Crippen molar-refractivity contribution in [2.45, 2.75) is 11.3 Å². The summed E-state index contributed by atoms with van der Waals surface area (Å²) >= 11 is 4.16. The van der Waals surface area contributed by atoms with Gasteiger partial charge in [0.15, 0.2) is 0 Å². The molecular weight excluding hydrogens is 184 g/mol. The Morgan fingerprint density at radius 2 is 2.31 bits per heavy atom. The third-order valence-corrected chi connectivity index (χ3v) is 2.12. The van der Waals surface area contributed by atoms with Crippen LogP contribution < -0.4 is 0 Å². The van der Waals surface area contributed by atoms with Crippen molar-refractivity contribution < 1.29 is 9.90 Å². The monoisotopic (exact) mass is 194 g/mol. The van der Waals surface area contributed by atoms with Gasteiger partial charge in [0.2, 0.25) is 0 Å². The van der Waals surface area contributed by atoms with Crippen molar-refractivity contribution in [3.05, 3.63) is 35.9 Å². The van der Waals surface area contributed by atoms with E-state index in [1.54, 1.807) is 18.2 Å². The van der Waals surface area contributed by atoms with Gasteiger partial charge in [-0.15, -0.1) is 12.6 Å². The molecule has 2 nitrogen and oxygen atoms in total. The van der Waals surface area contributed by atoms with E-state index in [1.165, 1.54) is 0 Å². The van der Waals surface area contributed by atoms with Gasteiger partial charge >= 0.3 is 5.97 Å². The zero-order chi connectivity index (χ0) is 9.84. The first-order valence-corrected chi connectivity index (χ1v) is 4.24. The molecule has 68 valence electrons. The summed E-state index contributed by atoms with van der Waals surface area (Å²) < 4.78 is 0. The fourth-order valence-corrected chi connectivity index (χ4v) is 1.26. The summed E-state index contributed by atoms with van der Waals surface area (Å²) in [6, 6.07) is 5.41. The zero-order valence-electron chi connectivity index (χ0n) is 7.03. The highest BCUT2D eigenvalue weighted by atomic mass is 32.1. The van der Waals surface area contributed by atoms with E-state index < -0.39 is 5.97 Å². The van der Waals surface area contributed by atoms with Gasteiger partial charge in [0, 0.05) is 4.90 Å². The highest BCUT2D eigenvalue weighted by Gasteiger charge is 2.04. The van der Waals surface area contributed by atoms with Crippen LogP contribution in [0.15, 0.2) is 29.7 Å². The summed E-state index contributed by atoms with van der Waals surface area (Å²) in [5, 5.41) is 8.60. The first-order valence-electron chi connectivity index (χ1n) is 3.79. The number of carbonyl (C=O) groups is 1. The maximum atomic E-state index is 10.5. The normalized spacial score (nSPS) is 9.62. The van der Waals surface area contributed by atoms with Crippen LogP contribution in [0.25, 0.3) is 6.08 Å². The highest BCUT2D eigenvalue weighted by Crippen LogP contribution is 2.17. The average molecular weight is 194 g/mol. The second-order valence-corrected chi connectivity index (χ2v) is 3.14. The summed E-state index contributed by atoms with van der Waals surface area (Å²) in [4.78, 5) is 11.2. The van der Waals surface area contributed by atoms with Crippen LogP contribution in [-0.4, -0.2) is 11.1 Å². The van der Waals surface area contributed by atoms with Gasteiger partial charge in [-0.2, -0.15) is 0 Å². The summed E-state index contributed by atoms with van der Waals surface area (Å²) in [5.74, 6) is -0.850. The third-order valence-electron chi connectivity index (χ3n) is 1.68. The molecule has 1 aromatic carbocycles. The molecule has 0 radical (unpaired) electrons. The van der Waals surface area contributed by atoms with E-state index in [-0.39, 0.29) is 6.42 Å². The summed E-state index contributed by atoms with van der Waals surface area (Å²) in [5.41, 5.74) is 1.63. The molecule has 0 aliphatic carbocycles. The topological polar surface area (TPSA) is 37.3 Å². The first kappa shape index (κ1) is 9.86. The fourth-order valence-electron chi connectivity index (χ4n) is 1.04. The van der Waals surface area contributed by atoms with Crippen LogP contribution in [0.2, 0.25) is 0 Å². The summed E-state index contributed by atoms with van der Waals surface area (Å²) in [6.45, 7) is 3.61. The van der Waals surface area contributed by atoms with E-state index in [0.717, 1.165) is 5.56 Å². The number of carboxylic acid groups (broad SMARTS) is 1. The lowest BCUT2D eigenvalue weighted by Crippen LogP contribution is -2.01. The molecule has 0 aliphatic heterocycles. The number of aliphatic carboxylic acids is 1. The summed E-state index contributed by atoms with van der Waals surface area (Å²) in [7, 11) is 0. The molecule has 0 saturated heterocycles. The van der Waals surface area contributed by atoms with Crippen LogP contribution in [0, 0.1) is 0 Å². The molecule has 1 N–H and O–H groups in total. The largest absolute Gasteiger partial charge is 0.481 e. The molecule has 0 unspecified atom stereocenters. The quantitative estimate of drug-likeness (QED) is 0.724. The maximum absolute atomic E-state index is 10.5. The van der Waals surface area contributed by atoms with Gasteiger partial charge in [-0.05, 0) is 17.2 Å². The molecule has 0 fully saturated rings. The van der Waals surface area contributed by atoms with Crippen molar-refractivity contribution >= 4 is 24.7 Å². The van der Waals surface area contributed by atoms with E-state index in [0.29, 0.717) is 10.5 Å². The van der Waals surface area contributed by atoms with Gasteiger partial charge in [0.05, 0.1) is 6.42 Å². The lowest BCUT2D eigenvalue weighted by atomic mass is 10.1. The molecule has 0 atom stereocenters. The number of thiol groups is 1. The SMILES string of the molecule is C=Cc1ccc(S)c(CC(=O)O)c1. The van der Waals surface area contributed by atoms with Crippen LogP contribution in [-0.2, 0) is 11.2 Å². The minimum absolute atomic E-state index is 0.000509. The lowest BCUT2D eigenvalue weighted by molar-refractivity contribution is -0.136. The predicted molar refractivity (Wildman–Crippen MR) is 55.1 cm³/mol. The number of rotatable bonds is 3. The minimum Gasteiger partial charge on any atom is -0.481 e. The van der Waals surface area contributed by atoms with Gasteiger partial charge in [-0.3, -0.25) is 4.79 Å².